The molecule has 0 aromatic rings. The van der Waals surface area contributed by atoms with Gasteiger partial charge in [-0.2, -0.15) is 0 Å². The van der Waals surface area contributed by atoms with Crippen LogP contribution in [0, 0.1) is 6.54 Å². The maximum atomic E-state index is 10.4. The summed E-state index contributed by atoms with van der Waals surface area (Å²) >= 11 is 0. The molecule has 0 N–H and O–H groups in total. The van der Waals surface area contributed by atoms with Gasteiger partial charge in [-0.15, -0.1) is 0 Å². The molecule has 2 saturated heterocycles. The Kier molecular flexibility index (Phi) is 0.460. The van der Waals surface area contributed by atoms with Crippen molar-refractivity contribution in [2.45, 2.75) is 12.5 Å². The van der Waals surface area contributed by atoms with Crippen molar-refractivity contribution < 1.29 is 4.79 Å². The normalized spacial score (nSPS) is 46.6. The fourth-order valence-electron chi connectivity index (χ4n) is 1.01. The third-order valence-electron chi connectivity index (χ3n) is 1.50. The number of hydrogen-bond donors (Lipinski definition) is 0. The first kappa shape index (κ1) is 3.61. The molecule has 2 unspecified atom stereocenters. The van der Waals surface area contributed by atoms with E-state index in [0.29, 0.717) is 11.8 Å². The summed E-state index contributed by atoms with van der Waals surface area (Å²) < 4.78 is 0. The standard InChI is InChI=1S/C5H6NO/c7-5-1-4-2-6(4)3-5/h3-4H,1-2H2. The van der Waals surface area contributed by atoms with Gasteiger partial charge < -0.3 is 0 Å². The highest BCUT2D eigenvalue weighted by atomic mass is 16.1. The van der Waals surface area contributed by atoms with E-state index < -0.39 is 0 Å². The summed E-state index contributed by atoms with van der Waals surface area (Å²) in [5, 5.41) is 0. The van der Waals surface area contributed by atoms with E-state index in [9.17, 15) is 4.79 Å². The first-order valence-corrected chi connectivity index (χ1v) is 2.50. The number of piperidine rings is 1. The Morgan fingerprint density at radius 1 is 1.86 bits per heavy atom. The molecule has 2 atom stereocenters. The summed E-state index contributed by atoms with van der Waals surface area (Å²) in [5.74, 6) is 0.302. The van der Waals surface area contributed by atoms with Gasteiger partial charge in [0.15, 0.2) is 5.78 Å². The third kappa shape index (κ3) is 0.399. The number of hydrogen-bond acceptors (Lipinski definition) is 2. The molecule has 37 valence electrons. The Bertz CT molecular complexity index is 109. The number of rotatable bonds is 0. The minimum atomic E-state index is 0.302. The molecule has 0 aliphatic carbocycles. The van der Waals surface area contributed by atoms with E-state index in [1.165, 1.54) is 0 Å². The lowest BCUT2D eigenvalue weighted by Gasteiger charge is -1.82. The molecule has 2 nitrogen and oxygen atoms in total. The van der Waals surface area contributed by atoms with E-state index in [0.717, 1.165) is 13.0 Å². The van der Waals surface area contributed by atoms with Gasteiger partial charge >= 0.3 is 0 Å². The number of Topliss-reactive ketones (excluding diaryl/α,β-unsaturated/α-hetero) is 1. The predicted octanol–water partition coefficient (Wildman–Crippen LogP) is -0.195. The average molecular weight is 96.1 g/mol. The molecule has 7 heavy (non-hydrogen) atoms. The number of carbonyl (C=O) groups excluding carboxylic acids is 1. The first-order chi connectivity index (χ1) is 3.36. The monoisotopic (exact) mass is 96.0 g/mol. The van der Waals surface area contributed by atoms with E-state index >= 15 is 0 Å². The second-order valence-corrected chi connectivity index (χ2v) is 2.15. The van der Waals surface area contributed by atoms with Gasteiger partial charge in [-0.1, -0.05) is 0 Å². The summed E-state index contributed by atoms with van der Waals surface area (Å²) in [6, 6.07) is 0.618. The summed E-state index contributed by atoms with van der Waals surface area (Å²) in [6.07, 6.45) is 0.778. The summed E-state index contributed by atoms with van der Waals surface area (Å²) in [6.45, 7) is 2.84. The van der Waals surface area contributed by atoms with E-state index in [2.05, 4.69) is 4.90 Å². The smallest absolute Gasteiger partial charge is 0.153 e. The maximum absolute atomic E-state index is 10.4. The van der Waals surface area contributed by atoms with Crippen molar-refractivity contribution in [3.63, 3.8) is 0 Å². The van der Waals surface area contributed by atoms with Crippen LogP contribution < -0.4 is 0 Å². The van der Waals surface area contributed by atoms with Gasteiger partial charge in [-0.05, 0) is 0 Å². The Balaban J connectivity index is 2.14. The largest absolute Gasteiger partial charge is 0.298 e. The fraction of sp³-hybridized carbons (Fsp3) is 0.600. The highest BCUT2D eigenvalue weighted by Gasteiger charge is 2.43. The number of ketones is 1. The fourth-order valence-corrected chi connectivity index (χ4v) is 1.01. The van der Waals surface area contributed by atoms with Crippen molar-refractivity contribution in [3.05, 3.63) is 6.54 Å². The Hall–Kier alpha value is -0.370. The van der Waals surface area contributed by atoms with Gasteiger partial charge in [0, 0.05) is 19.0 Å². The van der Waals surface area contributed by atoms with Crippen molar-refractivity contribution >= 4 is 5.78 Å². The van der Waals surface area contributed by atoms with Gasteiger partial charge in [0.25, 0.3) is 0 Å². The minimum absolute atomic E-state index is 0.302. The van der Waals surface area contributed by atoms with E-state index in [1.54, 1.807) is 6.54 Å². The van der Waals surface area contributed by atoms with Crippen molar-refractivity contribution in [2.75, 3.05) is 6.54 Å². The van der Waals surface area contributed by atoms with Crippen molar-refractivity contribution in [1.82, 2.24) is 4.90 Å². The zero-order chi connectivity index (χ0) is 4.85. The van der Waals surface area contributed by atoms with Gasteiger partial charge in [-0.25, -0.2) is 0 Å². The van der Waals surface area contributed by atoms with Crippen LogP contribution in [0.15, 0.2) is 0 Å². The van der Waals surface area contributed by atoms with Crippen LogP contribution >= 0.6 is 0 Å². The minimum Gasteiger partial charge on any atom is -0.298 e. The summed E-state index contributed by atoms with van der Waals surface area (Å²) in [7, 11) is 0. The molecule has 0 saturated carbocycles. The lowest BCUT2D eigenvalue weighted by atomic mass is 10.3. The van der Waals surface area contributed by atoms with Crippen molar-refractivity contribution in [1.29, 1.82) is 0 Å². The van der Waals surface area contributed by atoms with Crippen LogP contribution in [0.3, 0.4) is 0 Å². The molecule has 0 aromatic carbocycles. The average Bonchev–Trinajstić information content (AvgIpc) is 2.15. The molecule has 2 heterocycles. The van der Waals surface area contributed by atoms with E-state index in [4.69, 9.17) is 0 Å². The zero-order valence-corrected chi connectivity index (χ0v) is 3.92. The molecule has 2 rings (SSSR count). The lowest BCUT2D eigenvalue weighted by Crippen LogP contribution is -1.96. The number of fused-ring (bicyclic) bond motifs is 1. The Morgan fingerprint density at radius 2 is 2.71 bits per heavy atom. The summed E-state index contributed by atoms with van der Waals surface area (Å²) in [4.78, 5) is 12.5. The maximum Gasteiger partial charge on any atom is 0.153 e. The van der Waals surface area contributed by atoms with E-state index in [1.807, 2.05) is 0 Å². The van der Waals surface area contributed by atoms with Gasteiger partial charge in [0.05, 0.1) is 6.54 Å². The number of carbonyl (C=O) groups is 1. The third-order valence-corrected chi connectivity index (χ3v) is 1.50. The molecule has 2 aliphatic rings. The molecule has 2 aliphatic heterocycles. The summed E-state index contributed by atoms with van der Waals surface area (Å²) in [5.41, 5.74) is 0. The molecule has 2 heteroatoms. The molecular weight excluding hydrogens is 90.1 g/mol. The quantitative estimate of drug-likeness (QED) is 0.389. The van der Waals surface area contributed by atoms with Crippen molar-refractivity contribution in [3.8, 4) is 0 Å². The molecule has 1 radical (unpaired) electrons. The molecule has 0 aromatic heterocycles. The van der Waals surface area contributed by atoms with Crippen LogP contribution in [0.1, 0.15) is 6.42 Å². The second kappa shape index (κ2) is 0.892. The topological polar surface area (TPSA) is 20.1 Å². The van der Waals surface area contributed by atoms with E-state index in [-0.39, 0.29) is 0 Å². The predicted molar refractivity (Wildman–Crippen MR) is 24.4 cm³/mol. The Morgan fingerprint density at radius 3 is 3.00 bits per heavy atom. The van der Waals surface area contributed by atoms with Gasteiger partial charge in [0.1, 0.15) is 0 Å². The van der Waals surface area contributed by atoms with Gasteiger partial charge in [0.2, 0.25) is 0 Å². The van der Waals surface area contributed by atoms with Crippen LogP contribution in [-0.4, -0.2) is 23.3 Å². The van der Waals surface area contributed by atoms with Crippen LogP contribution in [0.25, 0.3) is 0 Å². The Labute approximate surface area is 42.1 Å². The highest BCUT2D eigenvalue weighted by Crippen LogP contribution is 2.29. The molecule has 2 fully saturated rings. The first-order valence-electron chi connectivity index (χ1n) is 2.50. The van der Waals surface area contributed by atoms with Gasteiger partial charge in [-0.3, -0.25) is 9.69 Å². The molecule has 0 bridgehead atoms. The SMILES string of the molecule is O=C1[CH]N2CC2C1. The van der Waals surface area contributed by atoms with Crippen LogP contribution in [0.4, 0.5) is 0 Å². The van der Waals surface area contributed by atoms with Crippen LogP contribution in [-0.2, 0) is 4.79 Å². The molecular formula is C5H6NO. The number of nitrogens with zero attached hydrogens (tertiary/aromatic N) is 1. The lowest BCUT2D eigenvalue weighted by molar-refractivity contribution is -0.115. The molecule has 0 spiro atoms. The second-order valence-electron chi connectivity index (χ2n) is 2.15. The van der Waals surface area contributed by atoms with Crippen LogP contribution in [0.5, 0.6) is 0 Å². The van der Waals surface area contributed by atoms with Crippen LogP contribution in [0.2, 0.25) is 0 Å². The molecule has 0 amide bonds. The zero-order valence-electron chi connectivity index (χ0n) is 3.92. The van der Waals surface area contributed by atoms with Crippen molar-refractivity contribution in [2.24, 2.45) is 0 Å². The highest BCUT2D eigenvalue weighted by molar-refractivity contribution is 5.90.